The van der Waals surface area contributed by atoms with Crippen LogP contribution in [0.1, 0.15) is 18.3 Å². The first-order valence-corrected chi connectivity index (χ1v) is 7.71. The van der Waals surface area contributed by atoms with Gasteiger partial charge in [0, 0.05) is 36.7 Å². The molecule has 0 saturated carbocycles. The Morgan fingerprint density at radius 3 is 2.72 bits per heavy atom. The molecule has 1 heterocycles. The maximum atomic E-state index is 11.3. The third-order valence-corrected chi connectivity index (χ3v) is 4.26. The summed E-state index contributed by atoms with van der Waals surface area (Å²) < 4.78 is 27.7. The highest BCUT2D eigenvalue weighted by Crippen LogP contribution is 2.12. The Labute approximate surface area is 108 Å². The molecule has 0 aliphatic carbocycles. The summed E-state index contributed by atoms with van der Waals surface area (Å²) in [4.78, 5) is 4.34. The van der Waals surface area contributed by atoms with Crippen molar-refractivity contribution >= 4 is 9.84 Å². The Bertz CT molecular complexity index is 486. The molecule has 1 aromatic rings. The van der Waals surface area contributed by atoms with Crippen LogP contribution < -0.4 is 10.1 Å². The summed E-state index contributed by atoms with van der Waals surface area (Å²) in [5, 5.41) is 3.07. The van der Waals surface area contributed by atoms with Crippen LogP contribution in [0.5, 0.6) is 5.75 Å². The molecular weight excluding hydrogens is 252 g/mol. The molecular formula is C12H20N2O3S. The van der Waals surface area contributed by atoms with Gasteiger partial charge >= 0.3 is 0 Å². The number of sulfone groups is 1. The highest BCUT2D eigenvalue weighted by Gasteiger charge is 2.06. The molecule has 0 aliphatic heterocycles. The number of aryl methyl sites for hydroxylation is 1. The van der Waals surface area contributed by atoms with Gasteiger partial charge in [-0.15, -0.1) is 0 Å². The Balaban J connectivity index is 2.47. The summed E-state index contributed by atoms with van der Waals surface area (Å²) in [6.45, 7) is 4.53. The lowest BCUT2D eigenvalue weighted by molar-refractivity contribution is 0.412. The molecule has 0 aromatic carbocycles. The average molecular weight is 272 g/mol. The second-order valence-electron chi connectivity index (χ2n) is 4.05. The van der Waals surface area contributed by atoms with Crippen LogP contribution in [0, 0.1) is 6.92 Å². The zero-order valence-electron chi connectivity index (χ0n) is 11.1. The van der Waals surface area contributed by atoms with Gasteiger partial charge in [0.15, 0.2) is 9.84 Å². The van der Waals surface area contributed by atoms with Crippen LogP contribution in [0.4, 0.5) is 0 Å². The number of nitrogens with one attached hydrogen (secondary N) is 1. The maximum absolute atomic E-state index is 11.3. The molecule has 0 aliphatic rings. The Morgan fingerprint density at radius 2 is 2.11 bits per heavy atom. The number of ether oxygens (including phenoxy) is 1. The first-order chi connectivity index (χ1) is 8.46. The van der Waals surface area contributed by atoms with Crippen LogP contribution >= 0.6 is 0 Å². The van der Waals surface area contributed by atoms with Crippen molar-refractivity contribution in [2.45, 2.75) is 20.4 Å². The number of pyridine rings is 1. The standard InChI is InChI=1S/C12H20N2O3S/c1-4-18(15,16)6-5-13-9-11-8-12(17-3)7-10(2)14-11/h7-8,13H,4-6,9H2,1-3H3. The lowest BCUT2D eigenvalue weighted by atomic mass is 10.3. The summed E-state index contributed by atoms with van der Waals surface area (Å²) in [6.07, 6.45) is 0. The van der Waals surface area contributed by atoms with E-state index in [-0.39, 0.29) is 11.5 Å². The molecule has 0 fully saturated rings. The third-order valence-electron chi connectivity index (χ3n) is 2.55. The number of aromatic nitrogens is 1. The fourth-order valence-electron chi connectivity index (χ4n) is 1.50. The van der Waals surface area contributed by atoms with Crippen molar-refractivity contribution in [2.24, 2.45) is 0 Å². The van der Waals surface area contributed by atoms with Gasteiger partial charge < -0.3 is 10.1 Å². The first-order valence-electron chi connectivity index (χ1n) is 5.89. The minimum absolute atomic E-state index is 0.159. The SMILES string of the molecule is CCS(=O)(=O)CCNCc1cc(OC)cc(C)n1. The average Bonchev–Trinajstić information content (AvgIpc) is 2.34. The van der Waals surface area contributed by atoms with Crippen molar-refractivity contribution in [3.8, 4) is 5.75 Å². The molecule has 0 unspecified atom stereocenters. The predicted molar refractivity (Wildman–Crippen MR) is 71.6 cm³/mol. The molecule has 0 bridgehead atoms. The number of rotatable bonds is 7. The van der Waals surface area contributed by atoms with Gasteiger partial charge in [0.25, 0.3) is 0 Å². The molecule has 102 valence electrons. The van der Waals surface area contributed by atoms with Gasteiger partial charge in [-0.1, -0.05) is 6.92 Å². The molecule has 6 heteroatoms. The minimum Gasteiger partial charge on any atom is -0.497 e. The summed E-state index contributed by atoms with van der Waals surface area (Å²) in [5.74, 6) is 1.11. The van der Waals surface area contributed by atoms with Gasteiger partial charge in [-0.05, 0) is 6.92 Å². The lowest BCUT2D eigenvalue weighted by Crippen LogP contribution is -2.24. The van der Waals surface area contributed by atoms with E-state index in [4.69, 9.17) is 4.74 Å². The minimum atomic E-state index is -2.90. The number of hydrogen-bond donors (Lipinski definition) is 1. The van der Waals surface area contributed by atoms with Gasteiger partial charge in [-0.25, -0.2) is 8.42 Å². The van der Waals surface area contributed by atoms with Crippen LogP contribution in [-0.2, 0) is 16.4 Å². The molecule has 1 aromatic heterocycles. The third kappa shape index (κ3) is 5.01. The van der Waals surface area contributed by atoms with Crippen molar-refractivity contribution in [3.63, 3.8) is 0 Å². The van der Waals surface area contributed by atoms with E-state index in [9.17, 15) is 8.42 Å². The molecule has 18 heavy (non-hydrogen) atoms. The normalized spacial score (nSPS) is 11.5. The predicted octanol–water partition coefficient (Wildman–Crippen LogP) is 0.923. The van der Waals surface area contributed by atoms with Gasteiger partial charge in [-0.3, -0.25) is 4.98 Å². The van der Waals surface area contributed by atoms with E-state index in [2.05, 4.69) is 10.3 Å². The van der Waals surface area contributed by atoms with Crippen LogP contribution in [0.25, 0.3) is 0 Å². The largest absolute Gasteiger partial charge is 0.497 e. The second kappa shape index (κ2) is 6.70. The number of methoxy groups -OCH3 is 1. The van der Waals surface area contributed by atoms with E-state index in [1.807, 2.05) is 19.1 Å². The van der Waals surface area contributed by atoms with E-state index in [1.54, 1.807) is 14.0 Å². The number of nitrogens with zero attached hydrogens (tertiary/aromatic N) is 1. The van der Waals surface area contributed by atoms with Crippen molar-refractivity contribution in [1.82, 2.24) is 10.3 Å². The summed E-state index contributed by atoms with van der Waals surface area (Å²) in [6, 6.07) is 3.69. The summed E-state index contributed by atoms with van der Waals surface area (Å²) in [5.41, 5.74) is 1.73. The van der Waals surface area contributed by atoms with Gasteiger partial charge in [0.1, 0.15) is 5.75 Å². The monoisotopic (exact) mass is 272 g/mol. The van der Waals surface area contributed by atoms with Crippen LogP contribution in [0.2, 0.25) is 0 Å². The smallest absolute Gasteiger partial charge is 0.151 e. The van der Waals surface area contributed by atoms with Crippen LogP contribution in [-0.4, -0.2) is 38.6 Å². The highest BCUT2D eigenvalue weighted by atomic mass is 32.2. The van der Waals surface area contributed by atoms with E-state index in [1.165, 1.54) is 0 Å². The topological polar surface area (TPSA) is 68.3 Å². The Morgan fingerprint density at radius 1 is 1.39 bits per heavy atom. The van der Waals surface area contributed by atoms with Crippen molar-refractivity contribution < 1.29 is 13.2 Å². The Hall–Kier alpha value is -1.14. The summed E-state index contributed by atoms with van der Waals surface area (Å²) >= 11 is 0. The van der Waals surface area contributed by atoms with Crippen LogP contribution in [0.15, 0.2) is 12.1 Å². The highest BCUT2D eigenvalue weighted by molar-refractivity contribution is 7.91. The van der Waals surface area contributed by atoms with Crippen LogP contribution in [0.3, 0.4) is 0 Å². The van der Waals surface area contributed by atoms with E-state index >= 15 is 0 Å². The maximum Gasteiger partial charge on any atom is 0.151 e. The van der Waals surface area contributed by atoms with Gasteiger partial charge in [-0.2, -0.15) is 0 Å². The van der Waals surface area contributed by atoms with E-state index in [0.717, 1.165) is 17.1 Å². The molecule has 0 saturated heterocycles. The van der Waals surface area contributed by atoms with Crippen molar-refractivity contribution in [2.75, 3.05) is 25.2 Å². The molecule has 1 rings (SSSR count). The van der Waals surface area contributed by atoms with E-state index < -0.39 is 9.84 Å². The lowest BCUT2D eigenvalue weighted by Gasteiger charge is -2.07. The Kier molecular flexibility index (Phi) is 5.55. The molecule has 0 amide bonds. The molecule has 5 nitrogen and oxygen atoms in total. The number of hydrogen-bond acceptors (Lipinski definition) is 5. The molecule has 1 N–H and O–H groups in total. The zero-order valence-corrected chi connectivity index (χ0v) is 11.9. The molecule has 0 spiro atoms. The fourth-order valence-corrected chi connectivity index (χ4v) is 2.24. The fraction of sp³-hybridized carbons (Fsp3) is 0.583. The molecule has 0 radical (unpaired) electrons. The second-order valence-corrected chi connectivity index (χ2v) is 6.53. The first kappa shape index (κ1) is 14.9. The van der Waals surface area contributed by atoms with Gasteiger partial charge in [0.2, 0.25) is 0 Å². The van der Waals surface area contributed by atoms with E-state index in [0.29, 0.717) is 13.1 Å². The van der Waals surface area contributed by atoms with Gasteiger partial charge in [0.05, 0.1) is 18.6 Å². The van der Waals surface area contributed by atoms with Crippen molar-refractivity contribution in [3.05, 3.63) is 23.5 Å². The summed E-state index contributed by atoms with van der Waals surface area (Å²) in [7, 11) is -1.29. The van der Waals surface area contributed by atoms with Crippen molar-refractivity contribution in [1.29, 1.82) is 0 Å². The zero-order chi connectivity index (χ0) is 13.6. The molecule has 0 atom stereocenters. The quantitative estimate of drug-likeness (QED) is 0.748.